The third-order valence-electron chi connectivity index (χ3n) is 1.80. The van der Waals surface area contributed by atoms with Crippen molar-refractivity contribution in [3.63, 3.8) is 0 Å². The number of hydrogen-bond donors (Lipinski definition) is 0. The van der Waals surface area contributed by atoms with Crippen molar-refractivity contribution in [3.05, 3.63) is 29.1 Å². The van der Waals surface area contributed by atoms with Crippen LogP contribution >= 0.6 is 0 Å². The first kappa shape index (κ1) is 10.2. The number of hydrogen-bond acceptors (Lipinski definition) is 3. The van der Waals surface area contributed by atoms with E-state index in [-0.39, 0.29) is 23.3 Å². The van der Waals surface area contributed by atoms with E-state index >= 15 is 0 Å². The zero-order valence-electron chi connectivity index (χ0n) is 7.58. The van der Waals surface area contributed by atoms with Gasteiger partial charge in [-0.25, -0.2) is 4.39 Å². The molecule has 3 nitrogen and oxygen atoms in total. The predicted octanol–water partition coefficient (Wildman–Crippen LogP) is 1.45. The summed E-state index contributed by atoms with van der Waals surface area (Å²) >= 11 is 0. The molecule has 0 radical (unpaired) electrons. The lowest BCUT2D eigenvalue weighted by Crippen LogP contribution is -1.98. The number of carbonyl (C=O) groups excluding carboxylic acids is 1. The lowest BCUT2D eigenvalue weighted by molar-refractivity contribution is -0.107. The number of benzene rings is 1. The molecule has 0 saturated carbocycles. The fraction of sp³-hybridized carbons (Fsp3) is 0.200. The smallest absolute Gasteiger partial charge is 0.172 e. The number of halogens is 1. The summed E-state index contributed by atoms with van der Waals surface area (Å²) in [6, 6.07) is 4.64. The molecule has 14 heavy (non-hydrogen) atoms. The maximum Gasteiger partial charge on any atom is 0.172 e. The van der Waals surface area contributed by atoms with Gasteiger partial charge >= 0.3 is 0 Å². The van der Waals surface area contributed by atoms with Gasteiger partial charge in [0.25, 0.3) is 0 Å². The van der Waals surface area contributed by atoms with Crippen LogP contribution in [0.2, 0.25) is 0 Å². The maximum atomic E-state index is 13.5. The zero-order valence-corrected chi connectivity index (χ0v) is 7.58. The molecule has 0 bridgehead atoms. The molecule has 4 heteroatoms. The third kappa shape index (κ3) is 1.72. The third-order valence-corrected chi connectivity index (χ3v) is 1.80. The molecule has 0 aliphatic rings. The van der Waals surface area contributed by atoms with E-state index in [4.69, 9.17) is 10.00 Å². The van der Waals surface area contributed by atoms with Gasteiger partial charge in [-0.2, -0.15) is 5.26 Å². The summed E-state index contributed by atoms with van der Waals surface area (Å²) in [4.78, 5) is 10.2. The fourth-order valence-electron chi connectivity index (χ4n) is 1.13. The van der Waals surface area contributed by atoms with Crippen molar-refractivity contribution in [2.24, 2.45) is 0 Å². The summed E-state index contributed by atoms with van der Waals surface area (Å²) in [6.45, 7) is 0. The van der Waals surface area contributed by atoms with Crippen LogP contribution in [0.15, 0.2) is 12.1 Å². The Hall–Kier alpha value is -1.89. The van der Waals surface area contributed by atoms with Gasteiger partial charge in [0.05, 0.1) is 12.7 Å². The Morgan fingerprint density at radius 2 is 2.36 bits per heavy atom. The maximum absolute atomic E-state index is 13.5. The van der Waals surface area contributed by atoms with Gasteiger partial charge in [0.1, 0.15) is 12.4 Å². The van der Waals surface area contributed by atoms with Crippen molar-refractivity contribution < 1.29 is 13.9 Å². The van der Waals surface area contributed by atoms with E-state index in [1.54, 1.807) is 6.07 Å². The van der Waals surface area contributed by atoms with Crippen LogP contribution in [0.1, 0.15) is 11.1 Å². The molecule has 0 saturated heterocycles. The fourth-order valence-corrected chi connectivity index (χ4v) is 1.13. The molecular formula is C10H8FNO2. The Kier molecular flexibility index (Phi) is 3.19. The van der Waals surface area contributed by atoms with E-state index in [0.717, 1.165) is 0 Å². The number of nitrogens with zero attached hydrogens (tertiary/aromatic N) is 1. The standard InChI is InChI=1S/C10H8FNO2/c1-14-10-8(6-12)3-2-7(4-5-13)9(10)11/h2-3,5H,4H2,1H3. The van der Waals surface area contributed by atoms with Crippen LogP contribution < -0.4 is 4.74 Å². The lowest BCUT2D eigenvalue weighted by Gasteiger charge is -2.06. The second kappa shape index (κ2) is 4.38. The van der Waals surface area contributed by atoms with Gasteiger partial charge in [0, 0.05) is 6.42 Å². The summed E-state index contributed by atoms with van der Waals surface area (Å²) in [7, 11) is 1.28. The van der Waals surface area contributed by atoms with E-state index in [0.29, 0.717) is 6.29 Å². The number of nitriles is 1. The Balaban J connectivity index is 3.28. The highest BCUT2D eigenvalue weighted by Crippen LogP contribution is 2.24. The zero-order chi connectivity index (χ0) is 10.6. The summed E-state index contributed by atoms with van der Waals surface area (Å²) in [5, 5.41) is 8.63. The first-order valence-corrected chi connectivity index (χ1v) is 3.93. The number of aldehydes is 1. The lowest BCUT2D eigenvalue weighted by atomic mass is 10.1. The van der Waals surface area contributed by atoms with Gasteiger partial charge in [0.2, 0.25) is 0 Å². The minimum absolute atomic E-state index is 0.0199. The molecule has 1 aromatic carbocycles. The SMILES string of the molecule is COc1c(C#N)ccc(CC=O)c1F. The summed E-state index contributed by atoms with van der Waals surface area (Å²) < 4.78 is 18.2. The van der Waals surface area contributed by atoms with Crippen LogP contribution in [0, 0.1) is 17.1 Å². The molecule has 1 rings (SSSR count). The van der Waals surface area contributed by atoms with E-state index in [1.807, 2.05) is 0 Å². The van der Waals surface area contributed by atoms with Crippen molar-refractivity contribution in [2.45, 2.75) is 6.42 Å². The van der Waals surface area contributed by atoms with Gasteiger partial charge in [0.15, 0.2) is 11.6 Å². The molecule has 0 aromatic heterocycles. The molecule has 0 heterocycles. The van der Waals surface area contributed by atoms with Crippen molar-refractivity contribution in [3.8, 4) is 11.8 Å². The minimum atomic E-state index is -0.640. The van der Waals surface area contributed by atoms with Crippen LogP contribution in [-0.4, -0.2) is 13.4 Å². The summed E-state index contributed by atoms with van der Waals surface area (Å²) in [5.41, 5.74) is 0.357. The van der Waals surface area contributed by atoms with Gasteiger partial charge in [-0.15, -0.1) is 0 Å². The van der Waals surface area contributed by atoms with Crippen molar-refractivity contribution >= 4 is 6.29 Å². The van der Waals surface area contributed by atoms with Crippen LogP contribution in [-0.2, 0) is 11.2 Å². The first-order valence-electron chi connectivity index (χ1n) is 3.93. The van der Waals surface area contributed by atoms with Crippen LogP contribution in [0.25, 0.3) is 0 Å². The molecule has 0 fully saturated rings. The van der Waals surface area contributed by atoms with E-state index in [9.17, 15) is 9.18 Å². The second-order valence-corrected chi connectivity index (χ2v) is 2.60. The normalized spacial score (nSPS) is 9.21. The predicted molar refractivity (Wildman–Crippen MR) is 47.4 cm³/mol. The van der Waals surface area contributed by atoms with E-state index < -0.39 is 5.82 Å². The van der Waals surface area contributed by atoms with Crippen LogP contribution in [0.5, 0.6) is 5.75 Å². The number of ether oxygens (including phenoxy) is 1. The van der Waals surface area contributed by atoms with Crippen LogP contribution in [0.3, 0.4) is 0 Å². The molecule has 0 unspecified atom stereocenters. The average molecular weight is 193 g/mol. The van der Waals surface area contributed by atoms with Gasteiger partial charge in [-0.3, -0.25) is 0 Å². The average Bonchev–Trinajstić information content (AvgIpc) is 2.21. The summed E-state index contributed by atoms with van der Waals surface area (Å²) in [5.74, 6) is -0.745. The number of carbonyl (C=O) groups is 1. The molecule has 0 spiro atoms. The van der Waals surface area contributed by atoms with E-state index in [1.165, 1.54) is 19.2 Å². The Morgan fingerprint density at radius 3 is 2.86 bits per heavy atom. The Labute approximate surface area is 80.7 Å². The van der Waals surface area contributed by atoms with Gasteiger partial charge in [-0.05, 0) is 11.6 Å². The number of rotatable bonds is 3. The monoisotopic (exact) mass is 193 g/mol. The first-order chi connectivity index (χ1) is 6.74. The number of methoxy groups -OCH3 is 1. The molecular weight excluding hydrogens is 185 g/mol. The van der Waals surface area contributed by atoms with Crippen molar-refractivity contribution in [2.75, 3.05) is 7.11 Å². The van der Waals surface area contributed by atoms with Gasteiger partial charge < -0.3 is 9.53 Å². The van der Waals surface area contributed by atoms with E-state index in [2.05, 4.69) is 0 Å². The second-order valence-electron chi connectivity index (χ2n) is 2.60. The Bertz CT molecular complexity index is 396. The molecule has 0 N–H and O–H groups in total. The van der Waals surface area contributed by atoms with Crippen LogP contribution in [0.4, 0.5) is 4.39 Å². The molecule has 0 amide bonds. The molecule has 72 valence electrons. The molecule has 0 aliphatic carbocycles. The van der Waals surface area contributed by atoms with Gasteiger partial charge in [-0.1, -0.05) is 6.07 Å². The van der Waals surface area contributed by atoms with Crippen molar-refractivity contribution in [1.29, 1.82) is 5.26 Å². The largest absolute Gasteiger partial charge is 0.492 e. The Morgan fingerprint density at radius 1 is 1.64 bits per heavy atom. The molecule has 0 aliphatic heterocycles. The quantitative estimate of drug-likeness (QED) is 0.682. The summed E-state index contributed by atoms with van der Waals surface area (Å²) in [6.07, 6.45) is 0.581. The highest BCUT2D eigenvalue weighted by molar-refractivity contribution is 5.57. The minimum Gasteiger partial charge on any atom is -0.492 e. The molecule has 1 aromatic rings. The highest BCUT2D eigenvalue weighted by Gasteiger charge is 2.13. The highest BCUT2D eigenvalue weighted by atomic mass is 19.1. The van der Waals surface area contributed by atoms with Crippen molar-refractivity contribution in [1.82, 2.24) is 0 Å². The molecule has 0 atom stereocenters. The topological polar surface area (TPSA) is 50.1 Å².